The van der Waals surface area contributed by atoms with Crippen molar-refractivity contribution in [3.8, 4) is 17.5 Å². The van der Waals surface area contributed by atoms with Crippen molar-refractivity contribution < 1.29 is 21.6 Å². The van der Waals surface area contributed by atoms with Crippen LogP contribution in [0.4, 0.5) is 24.5 Å². The number of hydrogen-bond acceptors (Lipinski definition) is 6. The largest absolute Gasteiger partial charge is 0.416 e. The molecule has 3 heterocycles. The Bertz CT molecular complexity index is 1880. The van der Waals surface area contributed by atoms with Crippen LogP contribution in [0.25, 0.3) is 11.3 Å². The second kappa shape index (κ2) is 9.55. The second-order valence-electron chi connectivity index (χ2n) is 8.73. The zero-order valence-electron chi connectivity index (χ0n) is 20.8. The number of hydrogen-bond donors (Lipinski definition) is 0. The maximum Gasteiger partial charge on any atom is 0.416 e. The molecule has 0 amide bonds. The van der Waals surface area contributed by atoms with Gasteiger partial charge in [0, 0.05) is 24.0 Å². The Labute approximate surface area is 221 Å². The molecule has 13 heteroatoms. The van der Waals surface area contributed by atoms with Gasteiger partial charge in [-0.2, -0.15) is 23.4 Å². The van der Waals surface area contributed by atoms with Crippen LogP contribution >= 0.6 is 0 Å². The summed E-state index contributed by atoms with van der Waals surface area (Å²) in [5, 5.41) is 8.20. The number of aromatic nitrogens is 6. The first-order valence-electron chi connectivity index (χ1n) is 11.4. The van der Waals surface area contributed by atoms with Crippen molar-refractivity contribution in [1.29, 1.82) is 0 Å². The van der Waals surface area contributed by atoms with E-state index in [4.69, 9.17) is 0 Å². The van der Waals surface area contributed by atoms with Gasteiger partial charge in [0.1, 0.15) is 12.2 Å². The molecule has 3 aromatic heterocycles. The molecule has 5 aromatic rings. The highest BCUT2D eigenvalue weighted by Gasteiger charge is 2.33. The Morgan fingerprint density at radius 3 is 2.46 bits per heavy atom. The van der Waals surface area contributed by atoms with Crippen LogP contribution in [-0.2, 0) is 16.2 Å². The molecule has 0 saturated heterocycles. The summed E-state index contributed by atoms with van der Waals surface area (Å²) >= 11 is 0. The van der Waals surface area contributed by atoms with Gasteiger partial charge in [-0.15, -0.1) is 0 Å². The summed E-state index contributed by atoms with van der Waals surface area (Å²) in [6.07, 6.45) is 2.33. The predicted octanol–water partition coefficient (Wildman–Crippen LogP) is 4.44. The molecular weight excluding hydrogens is 531 g/mol. The molecule has 2 aromatic carbocycles. The lowest BCUT2D eigenvalue weighted by Gasteiger charge is -2.25. The highest BCUT2D eigenvalue weighted by atomic mass is 32.2. The first kappa shape index (κ1) is 25.9. The van der Waals surface area contributed by atoms with E-state index in [2.05, 4.69) is 32.0 Å². The predicted molar refractivity (Wildman–Crippen MR) is 138 cm³/mol. The van der Waals surface area contributed by atoms with Crippen molar-refractivity contribution in [3.05, 3.63) is 95.5 Å². The topological polar surface area (TPSA) is 98.3 Å². The normalized spacial score (nSPS) is 11.8. The SMILES string of the molecule is Cc1ncn(-c2cc(N(c3ccc(C)c(C#Cc4cnc5ccnn5c4)c3)S(C)(=O)=O)cc(C(F)(F)F)c2)n1. The Kier molecular flexibility index (Phi) is 6.35. The quantitative estimate of drug-likeness (QED) is 0.306. The first-order valence-corrected chi connectivity index (χ1v) is 13.3. The fraction of sp³-hybridized carbons (Fsp3) is 0.154. The number of anilines is 2. The summed E-state index contributed by atoms with van der Waals surface area (Å²) < 4.78 is 71.1. The lowest BCUT2D eigenvalue weighted by Crippen LogP contribution is -2.25. The number of rotatable bonds is 4. The third-order valence-corrected chi connectivity index (χ3v) is 6.80. The summed E-state index contributed by atoms with van der Waals surface area (Å²) in [5.41, 5.74) is 1.33. The molecular formula is C26H20F3N7O2S. The minimum atomic E-state index is -4.74. The summed E-state index contributed by atoms with van der Waals surface area (Å²) in [6, 6.07) is 9.40. The molecule has 5 rings (SSSR count). The molecule has 0 aliphatic heterocycles. The zero-order valence-corrected chi connectivity index (χ0v) is 21.7. The lowest BCUT2D eigenvalue weighted by atomic mass is 10.1. The van der Waals surface area contributed by atoms with E-state index in [1.807, 2.05) is 0 Å². The average Bonchev–Trinajstić information content (AvgIpc) is 3.51. The molecule has 0 atom stereocenters. The smallest absolute Gasteiger partial charge is 0.239 e. The molecule has 0 aliphatic carbocycles. The number of halogens is 3. The summed E-state index contributed by atoms with van der Waals surface area (Å²) in [6.45, 7) is 3.38. The Morgan fingerprint density at radius 2 is 1.77 bits per heavy atom. The van der Waals surface area contributed by atoms with Crippen LogP contribution in [0.3, 0.4) is 0 Å². The van der Waals surface area contributed by atoms with E-state index in [9.17, 15) is 21.6 Å². The molecule has 0 saturated carbocycles. The minimum absolute atomic E-state index is 0.00251. The standard InChI is InChI=1S/C26H20F3N7O2S/c1-17-4-7-22(10-20(17)6-5-19-14-30-25-8-9-32-34(25)15-19)36(39(3,37)38)24-12-21(26(27,28)29)11-23(13-24)35-16-31-18(2)33-35/h4,7-16H,1-3H3. The van der Waals surface area contributed by atoms with E-state index in [-0.39, 0.29) is 17.1 Å². The summed E-state index contributed by atoms with van der Waals surface area (Å²) in [5.74, 6) is 6.33. The molecule has 0 unspecified atom stereocenters. The maximum absolute atomic E-state index is 13.8. The monoisotopic (exact) mass is 551 g/mol. The number of sulfonamides is 1. The number of nitrogens with zero attached hydrogens (tertiary/aromatic N) is 7. The fourth-order valence-electron chi connectivity index (χ4n) is 3.90. The van der Waals surface area contributed by atoms with Crippen molar-refractivity contribution in [3.63, 3.8) is 0 Å². The van der Waals surface area contributed by atoms with Gasteiger partial charge >= 0.3 is 6.18 Å². The number of alkyl halides is 3. The third kappa shape index (κ3) is 5.46. The fourth-order valence-corrected chi connectivity index (χ4v) is 4.88. The van der Waals surface area contributed by atoms with Gasteiger partial charge in [0.05, 0.1) is 40.6 Å². The maximum atomic E-state index is 13.8. The second-order valence-corrected chi connectivity index (χ2v) is 10.6. The summed E-state index contributed by atoms with van der Waals surface area (Å²) in [4.78, 5) is 8.22. The van der Waals surface area contributed by atoms with Crippen LogP contribution in [0.1, 0.15) is 28.1 Å². The van der Waals surface area contributed by atoms with Crippen LogP contribution in [0, 0.1) is 25.7 Å². The van der Waals surface area contributed by atoms with Crippen LogP contribution in [-0.4, -0.2) is 44.0 Å². The average molecular weight is 552 g/mol. The zero-order chi connectivity index (χ0) is 27.9. The molecule has 198 valence electrons. The first-order chi connectivity index (χ1) is 18.4. The Hall–Kier alpha value is -4.70. The Balaban J connectivity index is 1.63. The molecule has 0 radical (unpaired) electrons. The Morgan fingerprint density at radius 1 is 0.974 bits per heavy atom. The number of aryl methyl sites for hydroxylation is 2. The van der Waals surface area contributed by atoms with Crippen molar-refractivity contribution >= 4 is 27.0 Å². The molecule has 0 N–H and O–H groups in total. The van der Waals surface area contributed by atoms with E-state index in [0.717, 1.165) is 32.9 Å². The number of benzene rings is 2. The van der Waals surface area contributed by atoms with E-state index >= 15 is 0 Å². The summed E-state index contributed by atoms with van der Waals surface area (Å²) in [7, 11) is -4.09. The van der Waals surface area contributed by atoms with Crippen molar-refractivity contribution in [2.24, 2.45) is 0 Å². The van der Waals surface area contributed by atoms with Gasteiger partial charge in [-0.25, -0.2) is 31.9 Å². The highest BCUT2D eigenvalue weighted by molar-refractivity contribution is 7.92. The number of fused-ring (bicyclic) bond motifs is 1. The molecule has 0 fully saturated rings. The van der Waals surface area contributed by atoms with Gasteiger partial charge in [-0.3, -0.25) is 0 Å². The molecule has 39 heavy (non-hydrogen) atoms. The van der Waals surface area contributed by atoms with Crippen LogP contribution < -0.4 is 4.31 Å². The third-order valence-electron chi connectivity index (χ3n) is 5.71. The van der Waals surface area contributed by atoms with E-state index in [0.29, 0.717) is 22.6 Å². The van der Waals surface area contributed by atoms with E-state index < -0.39 is 21.8 Å². The van der Waals surface area contributed by atoms with Gasteiger partial charge in [0.25, 0.3) is 0 Å². The van der Waals surface area contributed by atoms with Gasteiger partial charge in [-0.05, 0) is 49.7 Å². The van der Waals surface area contributed by atoms with Crippen LogP contribution in [0.2, 0.25) is 0 Å². The van der Waals surface area contributed by atoms with Gasteiger partial charge in [-0.1, -0.05) is 17.9 Å². The highest BCUT2D eigenvalue weighted by Crippen LogP contribution is 2.37. The minimum Gasteiger partial charge on any atom is -0.239 e. The van der Waals surface area contributed by atoms with Gasteiger partial charge in [0.2, 0.25) is 10.0 Å². The van der Waals surface area contributed by atoms with Crippen LogP contribution in [0.15, 0.2) is 67.4 Å². The molecule has 0 aliphatic rings. The van der Waals surface area contributed by atoms with E-state index in [1.165, 1.54) is 24.5 Å². The van der Waals surface area contributed by atoms with E-state index in [1.54, 1.807) is 49.1 Å². The molecule has 0 spiro atoms. The van der Waals surface area contributed by atoms with Gasteiger partial charge < -0.3 is 0 Å². The van der Waals surface area contributed by atoms with Crippen LogP contribution in [0.5, 0.6) is 0 Å². The molecule has 0 bridgehead atoms. The molecule has 9 nitrogen and oxygen atoms in total. The van der Waals surface area contributed by atoms with Gasteiger partial charge in [0.15, 0.2) is 5.65 Å². The van der Waals surface area contributed by atoms with Crippen molar-refractivity contribution in [2.75, 3.05) is 10.6 Å². The van der Waals surface area contributed by atoms with Crippen molar-refractivity contribution in [1.82, 2.24) is 29.4 Å². The van der Waals surface area contributed by atoms with Crippen molar-refractivity contribution in [2.45, 2.75) is 20.0 Å². The lowest BCUT2D eigenvalue weighted by molar-refractivity contribution is -0.137.